The molecule has 0 unspecified atom stereocenters. The van der Waals surface area contributed by atoms with Crippen molar-refractivity contribution in [1.82, 2.24) is 9.55 Å². The van der Waals surface area contributed by atoms with Gasteiger partial charge in [0.05, 0.1) is 41.8 Å². The van der Waals surface area contributed by atoms with Gasteiger partial charge in [-0.2, -0.15) is 8.78 Å². The summed E-state index contributed by atoms with van der Waals surface area (Å²) in [5.74, 6) is -3.01. The minimum Gasteiger partial charge on any atom is -0.321 e. The molecule has 0 fully saturated rings. The molecule has 0 N–H and O–H groups in total. The van der Waals surface area contributed by atoms with Crippen LogP contribution in [0.25, 0.3) is 61.0 Å². The van der Waals surface area contributed by atoms with Gasteiger partial charge in [0.1, 0.15) is 12.5 Å². The second-order valence-corrected chi connectivity index (χ2v) is 16.1. The van der Waals surface area contributed by atoms with Gasteiger partial charge in [-0.25, -0.2) is 4.98 Å². The standard InChI is InChI=1S/C58H44F2N4/c1-38-31-39(2)56(40(3)32-38)43-33-45(58(59,60)44-28-29-50-49-21-10-11-24-51(49)64(54(50)36-44)55-27-14-15-30-61-55)35-46(34-43)62-37-63(53-26-13-12-25-52(53)62)57-47(41-17-6-4-7-18-41)22-16-23-48(57)42-19-8-5-9-20-42/h4-36H,37H2,1-3H3/i4D,5D,6D,7D,8D,9D,17D,18D,19D,20D. The van der Waals surface area contributed by atoms with Crippen LogP contribution in [-0.2, 0) is 5.92 Å². The molecule has 11 rings (SSSR count). The van der Waals surface area contributed by atoms with Crippen molar-refractivity contribution in [3.63, 3.8) is 0 Å². The van der Waals surface area contributed by atoms with Crippen LogP contribution < -0.4 is 9.80 Å². The molecule has 0 saturated heterocycles. The number of para-hydroxylation sites is 4. The summed E-state index contributed by atoms with van der Waals surface area (Å²) in [4.78, 5) is 8.23. The van der Waals surface area contributed by atoms with Crippen LogP contribution in [0.3, 0.4) is 0 Å². The third kappa shape index (κ3) is 6.53. The highest BCUT2D eigenvalue weighted by Gasteiger charge is 2.38. The molecule has 0 saturated carbocycles. The molecule has 0 bridgehead atoms. The van der Waals surface area contributed by atoms with Crippen LogP contribution in [0.15, 0.2) is 200 Å². The topological polar surface area (TPSA) is 24.3 Å². The first-order valence-electron chi connectivity index (χ1n) is 25.9. The van der Waals surface area contributed by atoms with E-state index in [1.807, 2.05) is 90.9 Å². The maximum absolute atomic E-state index is 18.1. The first kappa shape index (κ1) is 29.5. The smallest absolute Gasteiger partial charge is 0.298 e. The highest BCUT2D eigenvalue weighted by molar-refractivity contribution is 6.09. The van der Waals surface area contributed by atoms with Crippen LogP contribution in [0, 0.1) is 20.8 Å². The average molecular weight is 845 g/mol. The van der Waals surface area contributed by atoms with Crippen molar-refractivity contribution in [3.05, 3.63) is 228 Å². The largest absolute Gasteiger partial charge is 0.321 e. The highest BCUT2D eigenvalue weighted by atomic mass is 19.3. The number of benzene rings is 8. The Bertz CT molecular complexity index is 3820. The zero-order valence-electron chi connectivity index (χ0n) is 45.0. The SMILES string of the molecule is [2H]c1c([2H])c([2H])c(-c2cccc(-c3c([2H])c([2H])c([2H])c([2H])c3[2H])c2N2CN(c3cc(-c4c(C)cc(C)cc4C)cc(C(F)(F)c4ccc5c6ccccc6n(-c6ccccn6)c5c4)c3)c3ccccc32)c([2H])c1[2H]. The molecule has 64 heavy (non-hydrogen) atoms. The molecule has 10 aromatic rings. The highest BCUT2D eigenvalue weighted by Crippen LogP contribution is 2.51. The van der Waals surface area contributed by atoms with Gasteiger partial charge in [0.2, 0.25) is 0 Å². The Labute approximate surface area is 386 Å². The van der Waals surface area contributed by atoms with Gasteiger partial charge in [-0.05, 0) is 109 Å². The van der Waals surface area contributed by atoms with Gasteiger partial charge < -0.3 is 9.80 Å². The van der Waals surface area contributed by atoms with Crippen molar-refractivity contribution < 1.29 is 22.5 Å². The van der Waals surface area contributed by atoms with E-state index < -0.39 is 66.3 Å². The summed E-state index contributed by atoms with van der Waals surface area (Å²) >= 11 is 0. The van der Waals surface area contributed by atoms with Gasteiger partial charge in [-0.3, -0.25) is 4.57 Å². The molecule has 1 aliphatic heterocycles. The molecule has 310 valence electrons. The fourth-order valence-electron chi connectivity index (χ4n) is 9.43. The monoisotopic (exact) mass is 844 g/mol. The molecular weight excluding hydrogens is 791 g/mol. The number of alkyl halides is 2. The van der Waals surface area contributed by atoms with Crippen LogP contribution in [0.2, 0.25) is 0 Å². The Kier molecular flexibility index (Phi) is 7.14. The van der Waals surface area contributed by atoms with E-state index in [0.29, 0.717) is 34.0 Å². The molecule has 4 nitrogen and oxygen atoms in total. The number of hydrogen-bond donors (Lipinski definition) is 0. The van der Waals surface area contributed by atoms with Crippen molar-refractivity contribution in [3.8, 4) is 39.2 Å². The number of hydrogen-bond acceptors (Lipinski definition) is 3. The lowest BCUT2D eigenvalue weighted by Crippen LogP contribution is -2.25. The number of aryl methyl sites for hydroxylation is 3. The zero-order chi connectivity index (χ0) is 52.2. The molecule has 8 aromatic carbocycles. The van der Waals surface area contributed by atoms with Crippen LogP contribution in [-0.4, -0.2) is 16.2 Å². The summed E-state index contributed by atoms with van der Waals surface area (Å²) in [5.41, 5.74) is 6.42. The molecule has 2 aromatic heterocycles. The number of rotatable bonds is 8. The predicted octanol–water partition coefficient (Wildman–Crippen LogP) is 15.5. The first-order valence-corrected chi connectivity index (χ1v) is 20.9. The molecule has 0 amide bonds. The van der Waals surface area contributed by atoms with Crippen LogP contribution >= 0.6 is 0 Å². The first-order chi connectivity index (χ1) is 35.4. The van der Waals surface area contributed by atoms with Gasteiger partial charge >= 0.3 is 0 Å². The van der Waals surface area contributed by atoms with E-state index in [2.05, 4.69) is 4.98 Å². The summed E-state index contributed by atoms with van der Waals surface area (Å²) in [6.07, 6.45) is 1.67. The van der Waals surface area contributed by atoms with Crippen LogP contribution in [0.4, 0.5) is 31.5 Å². The van der Waals surface area contributed by atoms with Gasteiger partial charge in [0.25, 0.3) is 5.92 Å². The zero-order valence-corrected chi connectivity index (χ0v) is 35.0. The van der Waals surface area contributed by atoms with E-state index >= 15 is 8.78 Å². The summed E-state index contributed by atoms with van der Waals surface area (Å²) in [6.45, 7) is 5.77. The molecular formula is C58H44F2N4. The lowest BCUT2D eigenvalue weighted by molar-refractivity contribution is 0.0430. The quantitative estimate of drug-likeness (QED) is 0.152. The number of anilines is 4. The van der Waals surface area contributed by atoms with E-state index in [4.69, 9.17) is 13.7 Å². The molecule has 0 spiro atoms. The van der Waals surface area contributed by atoms with Crippen molar-refractivity contribution in [2.24, 2.45) is 0 Å². The summed E-state index contributed by atoms with van der Waals surface area (Å²) < 4.78 is 126. The second-order valence-electron chi connectivity index (χ2n) is 16.1. The van der Waals surface area contributed by atoms with Crippen molar-refractivity contribution >= 4 is 44.6 Å². The normalized spacial score (nSPS) is 14.8. The molecule has 3 heterocycles. The number of aromatic nitrogens is 2. The summed E-state index contributed by atoms with van der Waals surface area (Å²) in [7, 11) is 0. The minimum atomic E-state index is -3.59. The Morgan fingerprint density at radius 3 is 1.84 bits per heavy atom. The Balaban J connectivity index is 1.15. The maximum Gasteiger partial charge on any atom is 0.298 e. The van der Waals surface area contributed by atoms with Gasteiger partial charge in [0.15, 0.2) is 0 Å². The molecule has 1 aliphatic rings. The number of fused-ring (bicyclic) bond motifs is 4. The van der Waals surface area contributed by atoms with Crippen molar-refractivity contribution in [2.45, 2.75) is 26.7 Å². The lowest BCUT2D eigenvalue weighted by Gasteiger charge is -2.28. The van der Waals surface area contributed by atoms with E-state index in [9.17, 15) is 0 Å². The third-order valence-electron chi connectivity index (χ3n) is 12.1. The van der Waals surface area contributed by atoms with E-state index in [1.54, 1.807) is 59.6 Å². The second kappa shape index (κ2) is 15.5. The van der Waals surface area contributed by atoms with Crippen molar-refractivity contribution in [2.75, 3.05) is 16.5 Å². The lowest BCUT2D eigenvalue weighted by atomic mass is 9.90. The third-order valence-corrected chi connectivity index (χ3v) is 12.1. The average Bonchev–Trinajstić information content (AvgIpc) is 3.95. The number of halogens is 2. The van der Waals surface area contributed by atoms with E-state index in [-0.39, 0.29) is 45.7 Å². The Morgan fingerprint density at radius 2 is 1.17 bits per heavy atom. The Hall–Kier alpha value is -7.83. The summed E-state index contributed by atoms with van der Waals surface area (Å²) in [5, 5.41) is 1.67. The number of nitrogens with zero attached hydrogens (tertiary/aromatic N) is 4. The summed E-state index contributed by atoms with van der Waals surface area (Å²) in [6, 6.07) is 33.1. The van der Waals surface area contributed by atoms with Crippen LogP contribution in [0.1, 0.15) is 41.5 Å². The molecule has 0 radical (unpaired) electrons. The Morgan fingerprint density at radius 1 is 0.547 bits per heavy atom. The van der Waals surface area contributed by atoms with E-state index in [1.165, 1.54) is 24.3 Å². The van der Waals surface area contributed by atoms with Gasteiger partial charge in [-0.15, -0.1) is 0 Å². The van der Waals surface area contributed by atoms with Crippen LogP contribution in [0.5, 0.6) is 0 Å². The fraction of sp³-hybridized carbons (Fsp3) is 0.0862. The van der Waals surface area contributed by atoms with Gasteiger partial charge in [-0.1, -0.05) is 145 Å². The predicted molar refractivity (Wildman–Crippen MR) is 261 cm³/mol. The minimum absolute atomic E-state index is 0.114. The number of pyridine rings is 1. The fourth-order valence-corrected chi connectivity index (χ4v) is 9.43. The maximum atomic E-state index is 18.1. The van der Waals surface area contributed by atoms with Gasteiger partial charge in [0, 0.05) is 44.9 Å². The van der Waals surface area contributed by atoms with E-state index in [0.717, 1.165) is 38.5 Å². The molecule has 0 aliphatic carbocycles. The molecule has 6 heteroatoms. The van der Waals surface area contributed by atoms with Crippen molar-refractivity contribution in [1.29, 1.82) is 0 Å². The molecule has 0 atom stereocenters.